The van der Waals surface area contributed by atoms with Crippen molar-refractivity contribution >= 4 is 0 Å². The lowest BCUT2D eigenvalue weighted by Gasteiger charge is -2.12. The molecule has 0 bridgehead atoms. The molecule has 2 aromatic rings. The zero-order chi connectivity index (χ0) is 16.2. The second-order valence-electron chi connectivity index (χ2n) is 5.10. The Balaban J connectivity index is 1.83. The Hall–Kier alpha value is -1.95. The van der Waals surface area contributed by atoms with Gasteiger partial charge in [-0.2, -0.15) is 13.2 Å². The number of ether oxygens (including phenoxy) is 1. The second kappa shape index (κ2) is 6.87. The zero-order valence-corrected chi connectivity index (χ0v) is 12.4. The highest BCUT2D eigenvalue weighted by molar-refractivity contribution is 5.27. The number of nitrogens with one attached hydrogen (secondary N) is 1. The van der Waals surface area contributed by atoms with Gasteiger partial charge in [-0.25, -0.2) is 0 Å². The number of halogens is 3. The Morgan fingerprint density at radius 1 is 1.14 bits per heavy atom. The first-order chi connectivity index (χ1) is 10.3. The number of rotatable bonds is 6. The molecule has 0 aliphatic carbocycles. The number of benzene rings is 1. The summed E-state index contributed by atoms with van der Waals surface area (Å²) in [6, 6.07) is 10.4. The van der Waals surface area contributed by atoms with Crippen LogP contribution in [0.2, 0.25) is 0 Å². The van der Waals surface area contributed by atoms with Crippen LogP contribution in [0.4, 0.5) is 13.2 Å². The van der Waals surface area contributed by atoms with Gasteiger partial charge >= 0.3 is 6.18 Å². The highest BCUT2D eigenvalue weighted by Gasteiger charge is 2.28. The van der Waals surface area contributed by atoms with E-state index >= 15 is 0 Å². The van der Waals surface area contributed by atoms with E-state index in [1.807, 2.05) is 26.0 Å². The fraction of sp³-hybridized carbons (Fsp3) is 0.375. The SMILES string of the molecule is Cc1ccc(C(C)NCc2ccc(OCC(F)(F)F)cc2)o1. The van der Waals surface area contributed by atoms with Crippen molar-refractivity contribution < 1.29 is 22.3 Å². The van der Waals surface area contributed by atoms with Gasteiger partial charge in [-0.15, -0.1) is 0 Å². The Morgan fingerprint density at radius 2 is 1.82 bits per heavy atom. The average molecular weight is 313 g/mol. The van der Waals surface area contributed by atoms with E-state index in [-0.39, 0.29) is 11.8 Å². The molecule has 1 aromatic carbocycles. The molecule has 0 spiro atoms. The molecule has 22 heavy (non-hydrogen) atoms. The monoisotopic (exact) mass is 313 g/mol. The molecule has 0 saturated carbocycles. The first-order valence-corrected chi connectivity index (χ1v) is 6.92. The molecule has 0 aliphatic heterocycles. The van der Waals surface area contributed by atoms with Gasteiger partial charge in [0.25, 0.3) is 0 Å². The van der Waals surface area contributed by atoms with Crippen LogP contribution in [0.15, 0.2) is 40.8 Å². The third kappa shape index (κ3) is 5.11. The minimum absolute atomic E-state index is 0.0508. The van der Waals surface area contributed by atoms with Gasteiger partial charge in [0.1, 0.15) is 17.3 Å². The topological polar surface area (TPSA) is 34.4 Å². The predicted molar refractivity (Wildman–Crippen MR) is 76.7 cm³/mol. The molecule has 2 rings (SSSR count). The highest BCUT2D eigenvalue weighted by Crippen LogP contribution is 2.20. The molecule has 0 fully saturated rings. The average Bonchev–Trinajstić information content (AvgIpc) is 2.89. The van der Waals surface area contributed by atoms with Crippen molar-refractivity contribution in [2.75, 3.05) is 6.61 Å². The smallest absolute Gasteiger partial charge is 0.422 e. The summed E-state index contributed by atoms with van der Waals surface area (Å²) in [5, 5.41) is 3.29. The summed E-state index contributed by atoms with van der Waals surface area (Å²) in [4.78, 5) is 0. The molecule has 1 heterocycles. The minimum Gasteiger partial charge on any atom is -0.484 e. The van der Waals surface area contributed by atoms with E-state index in [9.17, 15) is 13.2 Å². The van der Waals surface area contributed by atoms with Gasteiger partial charge in [-0.05, 0) is 43.7 Å². The molecule has 0 aliphatic rings. The van der Waals surface area contributed by atoms with E-state index in [0.29, 0.717) is 6.54 Å². The summed E-state index contributed by atoms with van der Waals surface area (Å²) in [6.07, 6.45) is -4.32. The Morgan fingerprint density at radius 3 is 2.36 bits per heavy atom. The van der Waals surface area contributed by atoms with E-state index in [0.717, 1.165) is 17.1 Å². The summed E-state index contributed by atoms with van der Waals surface area (Å²) in [5.74, 6) is 1.91. The summed E-state index contributed by atoms with van der Waals surface area (Å²) < 4.78 is 46.3. The van der Waals surface area contributed by atoms with Crippen LogP contribution in [0.25, 0.3) is 0 Å². The van der Waals surface area contributed by atoms with Crippen molar-refractivity contribution in [2.45, 2.75) is 32.6 Å². The molecule has 1 atom stereocenters. The van der Waals surface area contributed by atoms with Gasteiger partial charge in [-0.3, -0.25) is 0 Å². The van der Waals surface area contributed by atoms with Gasteiger partial charge in [0.05, 0.1) is 6.04 Å². The molecular weight excluding hydrogens is 295 g/mol. The quantitative estimate of drug-likeness (QED) is 0.859. The normalized spacial score (nSPS) is 13.1. The Labute approximate surface area is 127 Å². The second-order valence-corrected chi connectivity index (χ2v) is 5.10. The fourth-order valence-corrected chi connectivity index (χ4v) is 1.93. The van der Waals surface area contributed by atoms with E-state index in [4.69, 9.17) is 4.42 Å². The van der Waals surface area contributed by atoms with E-state index in [2.05, 4.69) is 10.1 Å². The van der Waals surface area contributed by atoms with Crippen LogP contribution in [0, 0.1) is 6.92 Å². The van der Waals surface area contributed by atoms with Crippen LogP contribution in [0.5, 0.6) is 5.75 Å². The number of aryl methyl sites for hydroxylation is 1. The third-order valence-electron chi connectivity index (χ3n) is 3.13. The maximum atomic E-state index is 12.0. The lowest BCUT2D eigenvalue weighted by Crippen LogP contribution is -2.19. The Bertz CT molecular complexity index is 590. The van der Waals surface area contributed by atoms with Crippen LogP contribution in [0.3, 0.4) is 0 Å². The highest BCUT2D eigenvalue weighted by atomic mass is 19.4. The molecule has 120 valence electrons. The van der Waals surface area contributed by atoms with Gasteiger partial charge < -0.3 is 14.5 Å². The first-order valence-electron chi connectivity index (χ1n) is 6.92. The van der Waals surface area contributed by atoms with Crippen LogP contribution in [0.1, 0.15) is 30.0 Å². The maximum absolute atomic E-state index is 12.0. The van der Waals surface area contributed by atoms with Gasteiger partial charge in [0.2, 0.25) is 0 Å². The lowest BCUT2D eigenvalue weighted by molar-refractivity contribution is -0.153. The zero-order valence-electron chi connectivity index (χ0n) is 12.4. The summed E-state index contributed by atoms with van der Waals surface area (Å²) in [6.45, 7) is 3.18. The predicted octanol–water partition coefficient (Wildman–Crippen LogP) is 4.38. The Kier molecular flexibility index (Phi) is 5.13. The fourth-order valence-electron chi connectivity index (χ4n) is 1.93. The molecule has 1 N–H and O–H groups in total. The molecule has 6 heteroatoms. The molecule has 3 nitrogen and oxygen atoms in total. The molecular formula is C16H18F3NO2. The first kappa shape index (κ1) is 16.4. The number of hydrogen-bond donors (Lipinski definition) is 1. The van der Waals surface area contributed by atoms with Crippen molar-refractivity contribution in [3.8, 4) is 5.75 Å². The van der Waals surface area contributed by atoms with Crippen molar-refractivity contribution in [2.24, 2.45) is 0 Å². The van der Waals surface area contributed by atoms with E-state index < -0.39 is 12.8 Å². The molecule has 1 unspecified atom stereocenters. The third-order valence-corrected chi connectivity index (χ3v) is 3.13. The van der Waals surface area contributed by atoms with Gasteiger partial charge in [-0.1, -0.05) is 12.1 Å². The molecule has 0 radical (unpaired) electrons. The summed E-state index contributed by atoms with van der Waals surface area (Å²) in [7, 11) is 0. The van der Waals surface area contributed by atoms with E-state index in [1.54, 1.807) is 12.1 Å². The summed E-state index contributed by atoms with van der Waals surface area (Å²) >= 11 is 0. The molecule has 0 amide bonds. The largest absolute Gasteiger partial charge is 0.484 e. The van der Waals surface area contributed by atoms with Crippen molar-refractivity contribution in [3.05, 3.63) is 53.5 Å². The van der Waals surface area contributed by atoms with Crippen molar-refractivity contribution in [1.29, 1.82) is 0 Å². The standard InChI is InChI=1S/C16H18F3NO2/c1-11-3-8-15(22-11)12(2)20-9-13-4-6-14(7-5-13)21-10-16(17,18)19/h3-8,12,20H,9-10H2,1-2H3. The molecule has 1 aromatic heterocycles. The van der Waals surface area contributed by atoms with Crippen LogP contribution in [-0.4, -0.2) is 12.8 Å². The minimum atomic E-state index is -4.32. The number of hydrogen-bond acceptors (Lipinski definition) is 3. The van der Waals surface area contributed by atoms with Gasteiger partial charge in [0, 0.05) is 6.54 Å². The van der Waals surface area contributed by atoms with Crippen molar-refractivity contribution in [3.63, 3.8) is 0 Å². The van der Waals surface area contributed by atoms with Crippen molar-refractivity contribution in [1.82, 2.24) is 5.32 Å². The maximum Gasteiger partial charge on any atom is 0.422 e. The van der Waals surface area contributed by atoms with Crippen LogP contribution < -0.4 is 10.1 Å². The van der Waals surface area contributed by atoms with E-state index in [1.165, 1.54) is 12.1 Å². The lowest BCUT2D eigenvalue weighted by atomic mass is 10.2. The van der Waals surface area contributed by atoms with Gasteiger partial charge in [0.15, 0.2) is 6.61 Å². The molecule has 0 saturated heterocycles. The number of furan rings is 1. The van der Waals surface area contributed by atoms with Crippen LogP contribution >= 0.6 is 0 Å². The number of alkyl halides is 3. The van der Waals surface area contributed by atoms with Crippen LogP contribution in [-0.2, 0) is 6.54 Å². The summed E-state index contributed by atoms with van der Waals surface area (Å²) in [5.41, 5.74) is 0.953.